The molecule has 0 atom stereocenters. The number of benzene rings is 1. The molecular weight excluding hydrogens is 327 g/mol. The normalized spacial score (nSPS) is 16.2. The van der Waals surface area contributed by atoms with Gasteiger partial charge in [0.1, 0.15) is 0 Å². The summed E-state index contributed by atoms with van der Waals surface area (Å²) < 4.78 is 38.8. The highest BCUT2D eigenvalue weighted by Crippen LogP contribution is 2.40. The number of rotatable bonds is 3. The zero-order chi connectivity index (χ0) is 18.2. The van der Waals surface area contributed by atoms with Crippen LogP contribution in [0.4, 0.5) is 13.2 Å². The molecule has 24 heavy (non-hydrogen) atoms. The molecule has 0 saturated carbocycles. The average Bonchev–Trinajstić information content (AvgIpc) is 2.44. The highest BCUT2D eigenvalue weighted by Gasteiger charge is 2.38. The molecule has 128 valence electrons. The Labute approximate surface area is 135 Å². The van der Waals surface area contributed by atoms with Crippen molar-refractivity contribution in [3.8, 4) is 0 Å². The van der Waals surface area contributed by atoms with Crippen LogP contribution in [0.25, 0.3) is 0 Å². The van der Waals surface area contributed by atoms with Crippen molar-refractivity contribution >= 4 is 11.9 Å². The second kappa shape index (κ2) is 6.03. The predicted octanol–water partition coefficient (Wildman–Crippen LogP) is 3.11. The van der Waals surface area contributed by atoms with Crippen LogP contribution in [-0.4, -0.2) is 22.2 Å². The van der Waals surface area contributed by atoms with E-state index in [0.29, 0.717) is 0 Å². The first-order chi connectivity index (χ1) is 11.0. The van der Waals surface area contributed by atoms with Gasteiger partial charge in [-0.15, -0.1) is 0 Å². The Bertz CT molecular complexity index is 742. The van der Waals surface area contributed by atoms with Gasteiger partial charge >= 0.3 is 18.1 Å². The van der Waals surface area contributed by atoms with E-state index in [0.717, 1.165) is 18.2 Å². The first-order valence-corrected chi connectivity index (χ1v) is 6.86. The Balaban J connectivity index is 2.71. The lowest BCUT2D eigenvalue weighted by molar-refractivity contribution is -0.137. The molecule has 0 fully saturated rings. The molecule has 0 amide bonds. The number of carboxylic acid groups (broad SMARTS) is 2. The molecule has 1 aliphatic rings. The van der Waals surface area contributed by atoms with Gasteiger partial charge in [-0.25, -0.2) is 9.59 Å². The maximum Gasteiger partial charge on any atom is 0.416 e. The first kappa shape index (κ1) is 17.6. The number of carboxylic acids is 2. The fraction of sp³-hybridized carbons (Fsp3) is 0.250. The molecule has 0 aliphatic carbocycles. The van der Waals surface area contributed by atoms with Crippen LogP contribution in [0.15, 0.2) is 46.8 Å². The molecule has 0 radical (unpaired) electrons. The predicted molar refractivity (Wildman–Crippen MR) is 78.0 cm³/mol. The van der Waals surface area contributed by atoms with Crippen LogP contribution >= 0.6 is 0 Å². The summed E-state index contributed by atoms with van der Waals surface area (Å²) >= 11 is 0. The molecule has 5 nitrogen and oxygen atoms in total. The SMILES string of the molecule is CC1=C(C(=O)O)C(c2cccc(C(F)(F)F)c2)C(C(=O)O)=C(C)N1. The number of carbonyl (C=O) groups is 2. The highest BCUT2D eigenvalue weighted by atomic mass is 19.4. The third-order valence-electron chi connectivity index (χ3n) is 3.77. The third-order valence-corrected chi connectivity index (χ3v) is 3.77. The van der Waals surface area contributed by atoms with E-state index < -0.39 is 29.6 Å². The summed E-state index contributed by atoms with van der Waals surface area (Å²) in [4.78, 5) is 23.1. The lowest BCUT2D eigenvalue weighted by atomic mass is 9.80. The monoisotopic (exact) mass is 341 g/mol. The minimum absolute atomic E-state index is 0.0418. The highest BCUT2D eigenvalue weighted by molar-refractivity contribution is 5.98. The van der Waals surface area contributed by atoms with Crippen LogP contribution in [0.2, 0.25) is 0 Å². The van der Waals surface area contributed by atoms with Gasteiger partial charge in [0.15, 0.2) is 0 Å². The number of hydrogen-bond acceptors (Lipinski definition) is 3. The molecule has 0 spiro atoms. The standard InChI is InChI=1S/C16H14F3NO4/c1-7-11(14(21)22)13(12(15(23)24)8(2)20-7)9-4-3-5-10(6-9)16(17,18)19/h3-6,13,20H,1-2H3,(H,21,22)(H,23,24). The molecule has 1 heterocycles. The molecule has 1 aliphatic heterocycles. The van der Waals surface area contributed by atoms with Gasteiger partial charge in [0.05, 0.1) is 22.6 Å². The zero-order valence-corrected chi connectivity index (χ0v) is 12.7. The first-order valence-electron chi connectivity index (χ1n) is 6.86. The van der Waals surface area contributed by atoms with E-state index in [9.17, 15) is 33.0 Å². The van der Waals surface area contributed by atoms with Gasteiger partial charge in [0.2, 0.25) is 0 Å². The third kappa shape index (κ3) is 3.12. The average molecular weight is 341 g/mol. The topological polar surface area (TPSA) is 86.6 Å². The van der Waals surface area contributed by atoms with Crippen molar-refractivity contribution in [3.05, 3.63) is 57.9 Å². The van der Waals surface area contributed by atoms with E-state index in [2.05, 4.69) is 5.32 Å². The number of hydrogen-bond donors (Lipinski definition) is 3. The second-order valence-corrected chi connectivity index (χ2v) is 5.37. The molecular formula is C16H14F3NO4. The van der Waals surface area contributed by atoms with Crippen LogP contribution in [0, 0.1) is 0 Å². The quantitative estimate of drug-likeness (QED) is 0.786. The van der Waals surface area contributed by atoms with E-state index in [-0.39, 0.29) is 28.1 Å². The minimum atomic E-state index is -4.62. The zero-order valence-electron chi connectivity index (χ0n) is 12.7. The van der Waals surface area contributed by atoms with Crippen molar-refractivity contribution in [2.24, 2.45) is 0 Å². The van der Waals surface area contributed by atoms with Crippen LogP contribution in [-0.2, 0) is 15.8 Å². The van der Waals surface area contributed by atoms with Crippen LogP contribution in [0.5, 0.6) is 0 Å². The Morgan fingerprint density at radius 2 is 1.54 bits per heavy atom. The minimum Gasteiger partial charge on any atom is -0.478 e. The maximum absolute atomic E-state index is 12.9. The van der Waals surface area contributed by atoms with Crippen LogP contribution in [0.3, 0.4) is 0 Å². The van der Waals surface area contributed by atoms with E-state index in [1.165, 1.54) is 19.9 Å². The summed E-state index contributed by atoms with van der Waals surface area (Å²) in [6, 6.07) is 4.04. The van der Waals surface area contributed by atoms with Gasteiger partial charge in [-0.3, -0.25) is 0 Å². The van der Waals surface area contributed by atoms with Gasteiger partial charge in [0, 0.05) is 11.4 Å². The van der Waals surface area contributed by atoms with Gasteiger partial charge in [-0.1, -0.05) is 18.2 Å². The summed E-state index contributed by atoms with van der Waals surface area (Å²) in [5.74, 6) is -4.09. The fourth-order valence-corrected chi connectivity index (χ4v) is 2.79. The smallest absolute Gasteiger partial charge is 0.416 e. The number of nitrogens with one attached hydrogen (secondary N) is 1. The number of alkyl halides is 3. The number of aliphatic carboxylic acids is 2. The van der Waals surface area contributed by atoms with E-state index >= 15 is 0 Å². The molecule has 8 heteroatoms. The van der Waals surface area contributed by atoms with Crippen molar-refractivity contribution in [1.82, 2.24) is 5.32 Å². The summed E-state index contributed by atoms with van der Waals surface area (Å²) in [6.45, 7) is 2.87. The summed E-state index contributed by atoms with van der Waals surface area (Å²) in [5, 5.41) is 21.5. The number of dihydropyridines is 1. The molecule has 1 aromatic carbocycles. The largest absolute Gasteiger partial charge is 0.478 e. The Hall–Kier alpha value is -2.77. The summed E-state index contributed by atoms with van der Waals surface area (Å²) in [7, 11) is 0. The lowest BCUT2D eigenvalue weighted by Crippen LogP contribution is -2.31. The molecule has 0 unspecified atom stereocenters. The molecule has 0 aromatic heterocycles. The Kier molecular flexibility index (Phi) is 4.42. The molecule has 0 saturated heterocycles. The van der Waals surface area contributed by atoms with E-state index in [4.69, 9.17) is 0 Å². The van der Waals surface area contributed by atoms with Gasteiger partial charge in [0.25, 0.3) is 0 Å². The number of halogens is 3. The van der Waals surface area contributed by atoms with Gasteiger partial charge in [-0.2, -0.15) is 13.2 Å². The lowest BCUT2D eigenvalue weighted by Gasteiger charge is -2.29. The summed E-state index contributed by atoms with van der Waals surface area (Å²) in [6.07, 6.45) is -4.62. The van der Waals surface area contributed by atoms with Gasteiger partial charge < -0.3 is 15.5 Å². The van der Waals surface area contributed by atoms with Gasteiger partial charge in [-0.05, 0) is 25.5 Å². The molecule has 3 N–H and O–H groups in total. The Morgan fingerprint density at radius 3 is 1.96 bits per heavy atom. The van der Waals surface area contributed by atoms with E-state index in [1.54, 1.807) is 0 Å². The van der Waals surface area contributed by atoms with Crippen molar-refractivity contribution in [1.29, 1.82) is 0 Å². The molecule has 2 rings (SSSR count). The van der Waals surface area contributed by atoms with Crippen LogP contribution in [0.1, 0.15) is 30.9 Å². The number of allylic oxidation sites excluding steroid dienone is 2. The summed E-state index contributed by atoms with van der Waals surface area (Å²) in [5.41, 5.74) is -1.22. The Morgan fingerprint density at radius 1 is 1.04 bits per heavy atom. The van der Waals surface area contributed by atoms with Crippen molar-refractivity contribution in [3.63, 3.8) is 0 Å². The van der Waals surface area contributed by atoms with E-state index in [1.807, 2.05) is 0 Å². The van der Waals surface area contributed by atoms with Crippen molar-refractivity contribution in [2.45, 2.75) is 25.9 Å². The second-order valence-electron chi connectivity index (χ2n) is 5.37. The molecule has 0 bridgehead atoms. The van der Waals surface area contributed by atoms with Crippen LogP contribution < -0.4 is 5.32 Å². The maximum atomic E-state index is 12.9. The molecule has 1 aromatic rings. The van der Waals surface area contributed by atoms with Crippen molar-refractivity contribution in [2.75, 3.05) is 0 Å². The fourth-order valence-electron chi connectivity index (χ4n) is 2.79. The van der Waals surface area contributed by atoms with Crippen molar-refractivity contribution < 1.29 is 33.0 Å².